The van der Waals surface area contributed by atoms with Gasteiger partial charge in [0.05, 0.1) is 5.02 Å². The molecule has 0 spiro atoms. The minimum Gasteiger partial charge on any atom is -0.489 e. The van der Waals surface area contributed by atoms with Gasteiger partial charge in [-0.1, -0.05) is 29.8 Å². The second-order valence-corrected chi connectivity index (χ2v) is 8.14. The van der Waals surface area contributed by atoms with Crippen molar-refractivity contribution in [2.45, 2.75) is 31.3 Å². The molecule has 0 aliphatic carbocycles. The topological polar surface area (TPSA) is 45.7 Å². The Balaban J connectivity index is 1.36. The van der Waals surface area contributed by atoms with Gasteiger partial charge in [-0.2, -0.15) is 0 Å². The summed E-state index contributed by atoms with van der Waals surface area (Å²) in [7, 11) is 2.13. The number of halogens is 1. The van der Waals surface area contributed by atoms with Gasteiger partial charge >= 0.3 is 0 Å². The lowest BCUT2D eigenvalue weighted by Crippen LogP contribution is -2.42. The first-order valence-electron chi connectivity index (χ1n) is 9.96. The predicted molar refractivity (Wildman–Crippen MR) is 110 cm³/mol. The molecule has 2 fully saturated rings. The Hall–Kier alpha value is -2.11. The number of likely N-dealkylation sites (tertiary alicyclic amines) is 2. The van der Waals surface area contributed by atoms with Gasteiger partial charge in [-0.25, -0.2) is 4.98 Å². The van der Waals surface area contributed by atoms with Crippen LogP contribution in [-0.2, 0) is 0 Å². The number of ether oxygens (including phenoxy) is 1. The van der Waals surface area contributed by atoms with E-state index in [1.165, 1.54) is 0 Å². The van der Waals surface area contributed by atoms with Gasteiger partial charge in [-0.05, 0) is 44.3 Å². The standard InChI is InChI=1S/C22H26ClN3O2/c1-25-12-9-16(15-25)19-6-4-7-20(24-19)22(27)26-13-10-17(11-14-26)28-21-8-3-2-5-18(21)23/h2-8,16-17H,9-15H2,1H3. The van der Waals surface area contributed by atoms with E-state index < -0.39 is 0 Å². The minimum absolute atomic E-state index is 0.0180. The summed E-state index contributed by atoms with van der Waals surface area (Å²) in [5.41, 5.74) is 1.59. The maximum atomic E-state index is 12.9. The number of para-hydroxylation sites is 1. The summed E-state index contributed by atoms with van der Waals surface area (Å²) in [6.07, 6.45) is 2.78. The molecule has 28 heavy (non-hydrogen) atoms. The Bertz CT molecular complexity index is 836. The Morgan fingerprint density at radius 2 is 1.86 bits per heavy atom. The Morgan fingerprint density at radius 1 is 1.07 bits per heavy atom. The molecule has 3 heterocycles. The van der Waals surface area contributed by atoms with Crippen molar-refractivity contribution in [2.24, 2.45) is 0 Å². The van der Waals surface area contributed by atoms with E-state index in [0.717, 1.165) is 38.0 Å². The van der Waals surface area contributed by atoms with Crippen LogP contribution in [0.4, 0.5) is 0 Å². The number of piperidine rings is 1. The molecule has 1 aromatic heterocycles. The molecule has 0 saturated carbocycles. The summed E-state index contributed by atoms with van der Waals surface area (Å²) < 4.78 is 6.03. The van der Waals surface area contributed by atoms with E-state index in [1.807, 2.05) is 47.4 Å². The molecule has 2 aromatic rings. The zero-order valence-electron chi connectivity index (χ0n) is 16.2. The van der Waals surface area contributed by atoms with Gasteiger partial charge in [0.2, 0.25) is 0 Å². The van der Waals surface area contributed by atoms with Gasteiger partial charge in [0.25, 0.3) is 5.91 Å². The summed E-state index contributed by atoms with van der Waals surface area (Å²) in [4.78, 5) is 21.8. The number of benzene rings is 1. The number of hydrogen-bond donors (Lipinski definition) is 0. The number of rotatable bonds is 4. The van der Waals surface area contributed by atoms with E-state index >= 15 is 0 Å². The van der Waals surface area contributed by atoms with Crippen LogP contribution in [0.1, 0.15) is 41.4 Å². The van der Waals surface area contributed by atoms with E-state index in [2.05, 4.69) is 11.9 Å². The third-order valence-electron chi connectivity index (χ3n) is 5.66. The van der Waals surface area contributed by atoms with Crippen LogP contribution in [-0.4, -0.2) is 60.0 Å². The Labute approximate surface area is 171 Å². The van der Waals surface area contributed by atoms with Crippen molar-refractivity contribution < 1.29 is 9.53 Å². The summed E-state index contributed by atoms with van der Waals surface area (Å²) in [5, 5.41) is 0.625. The SMILES string of the molecule is CN1CCC(c2cccc(C(=O)N3CCC(Oc4ccccc4Cl)CC3)n2)C1. The molecule has 2 saturated heterocycles. The number of amides is 1. The molecule has 148 valence electrons. The largest absolute Gasteiger partial charge is 0.489 e. The van der Waals surface area contributed by atoms with Crippen molar-refractivity contribution in [3.63, 3.8) is 0 Å². The molecule has 4 rings (SSSR count). The van der Waals surface area contributed by atoms with Crippen LogP contribution in [0, 0.1) is 0 Å². The first kappa shape index (κ1) is 19.2. The summed E-state index contributed by atoms with van der Waals surface area (Å²) >= 11 is 6.18. The van der Waals surface area contributed by atoms with E-state index in [9.17, 15) is 4.79 Å². The second kappa shape index (κ2) is 8.50. The molecule has 1 aromatic carbocycles. The average Bonchev–Trinajstić information content (AvgIpc) is 3.16. The number of carbonyl (C=O) groups is 1. The molecule has 2 aliphatic rings. The highest BCUT2D eigenvalue weighted by atomic mass is 35.5. The van der Waals surface area contributed by atoms with Gasteiger partial charge in [0.15, 0.2) is 0 Å². The fraction of sp³-hybridized carbons (Fsp3) is 0.455. The van der Waals surface area contributed by atoms with Crippen LogP contribution >= 0.6 is 11.6 Å². The van der Waals surface area contributed by atoms with Gasteiger partial charge in [-0.15, -0.1) is 0 Å². The normalized spacial score (nSPS) is 21.1. The first-order chi connectivity index (χ1) is 13.6. The summed E-state index contributed by atoms with van der Waals surface area (Å²) in [5.74, 6) is 1.15. The smallest absolute Gasteiger partial charge is 0.272 e. The first-order valence-corrected chi connectivity index (χ1v) is 10.3. The Morgan fingerprint density at radius 3 is 2.57 bits per heavy atom. The van der Waals surface area contributed by atoms with E-state index in [4.69, 9.17) is 21.3 Å². The van der Waals surface area contributed by atoms with Crippen molar-refractivity contribution >= 4 is 17.5 Å². The van der Waals surface area contributed by atoms with Gasteiger partial charge in [0, 0.05) is 44.1 Å². The molecule has 1 atom stereocenters. The van der Waals surface area contributed by atoms with Crippen LogP contribution in [0.15, 0.2) is 42.5 Å². The predicted octanol–water partition coefficient (Wildman–Crippen LogP) is 3.84. The molecule has 1 unspecified atom stereocenters. The number of carbonyl (C=O) groups excluding carboxylic acids is 1. The van der Waals surface area contributed by atoms with Gasteiger partial charge in [0.1, 0.15) is 17.5 Å². The highest BCUT2D eigenvalue weighted by molar-refractivity contribution is 6.32. The maximum Gasteiger partial charge on any atom is 0.272 e. The van der Waals surface area contributed by atoms with Crippen LogP contribution in [0.25, 0.3) is 0 Å². The molecule has 2 aliphatic heterocycles. The molecule has 0 N–H and O–H groups in total. The van der Waals surface area contributed by atoms with Crippen molar-refractivity contribution in [1.82, 2.24) is 14.8 Å². The lowest BCUT2D eigenvalue weighted by molar-refractivity contribution is 0.0590. The Kier molecular flexibility index (Phi) is 5.83. The van der Waals surface area contributed by atoms with Crippen LogP contribution in [0.2, 0.25) is 5.02 Å². The zero-order valence-corrected chi connectivity index (χ0v) is 16.9. The number of nitrogens with zero attached hydrogens (tertiary/aromatic N) is 3. The zero-order chi connectivity index (χ0) is 19.5. The number of hydrogen-bond acceptors (Lipinski definition) is 4. The lowest BCUT2D eigenvalue weighted by Gasteiger charge is -2.32. The molecular weight excluding hydrogens is 374 g/mol. The van der Waals surface area contributed by atoms with Crippen molar-refractivity contribution in [1.29, 1.82) is 0 Å². The van der Waals surface area contributed by atoms with E-state index in [-0.39, 0.29) is 12.0 Å². The van der Waals surface area contributed by atoms with Crippen molar-refractivity contribution in [2.75, 3.05) is 33.2 Å². The third-order valence-corrected chi connectivity index (χ3v) is 5.97. The second-order valence-electron chi connectivity index (χ2n) is 7.74. The highest BCUT2D eigenvalue weighted by Crippen LogP contribution is 2.28. The van der Waals surface area contributed by atoms with E-state index in [0.29, 0.717) is 35.5 Å². The third kappa shape index (κ3) is 4.31. The van der Waals surface area contributed by atoms with Gasteiger partial charge < -0.3 is 14.5 Å². The monoisotopic (exact) mass is 399 g/mol. The lowest BCUT2D eigenvalue weighted by atomic mass is 10.0. The number of pyridine rings is 1. The van der Waals surface area contributed by atoms with Crippen molar-refractivity contribution in [3.05, 3.63) is 58.9 Å². The fourth-order valence-corrected chi connectivity index (χ4v) is 4.21. The molecule has 0 bridgehead atoms. The molecule has 0 radical (unpaired) electrons. The highest BCUT2D eigenvalue weighted by Gasteiger charge is 2.27. The number of likely N-dealkylation sites (N-methyl/N-ethyl adjacent to an activating group) is 1. The molecule has 6 heteroatoms. The number of aromatic nitrogens is 1. The average molecular weight is 400 g/mol. The molecule has 5 nitrogen and oxygen atoms in total. The van der Waals surface area contributed by atoms with Crippen LogP contribution in [0.5, 0.6) is 5.75 Å². The van der Waals surface area contributed by atoms with Crippen molar-refractivity contribution in [3.8, 4) is 5.75 Å². The van der Waals surface area contributed by atoms with E-state index in [1.54, 1.807) is 0 Å². The maximum absolute atomic E-state index is 12.9. The van der Waals surface area contributed by atoms with Crippen LogP contribution in [0.3, 0.4) is 0 Å². The summed E-state index contributed by atoms with van der Waals surface area (Å²) in [6, 6.07) is 13.4. The quantitative estimate of drug-likeness (QED) is 0.783. The molecule has 1 amide bonds. The van der Waals surface area contributed by atoms with Crippen LogP contribution < -0.4 is 4.74 Å². The molecular formula is C22H26ClN3O2. The summed E-state index contributed by atoms with van der Waals surface area (Å²) in [6.45, 7) is 3.44. The minimum atomic E-state index is 0.0180. The fourth-order valence-electron chi connectivity index (χ4n) is 4.03. The van der Waals surface area contributed by atoms with Gasteiger partial charge in [-0.3, -0.25) is 4.79 Å².